The summed E-state index contributed by atoms with van der Waals surface area (Å²) in [6, 6.07) is 28.3. The second-order valence-corrected chi connectivity index (χ2v) is 8.88. The molecule has 0 bridgehead atoms. The number of rotatable bonds is 7. The van der Waals surface area contributed by atoms with Crippen LogP contribution in [-0.2, 0) is 11.2 Å². The molecule has 0 radical (unpaired) electrons. The van der Waals surface area contributed by atoms with Gasteiger partial charge in [0, 0.05) is 17.0 Å². The topological polar surface area (TPSA) is 52.3 Å². The second-order valence-electron chi connectivity index (χ2n) is 8.88. The van der Waals surface area contributed by atoms with Crippen LogP contribution >= 0.6 is 0 Å². The molecule has 1 aliphatic carbocycles. The largest absolute Gasteiger partial charge is 0.462 e. The van der Waals surface area contributed by atoms with Gasteiger partial charge in [-0.2, -0.15) is 0 Å². The van der Waals surface area contributed by atoms with E-state index >= 15 is 0 Å². The van der Waals surface area contributed by atoms with Crippen molar-refractivity contribution in [3.05, 3.63) is 102 Å². The van der Waals surface area contributed by atoms with Crippen molar-refractivity contribution in [1.82, 2.24) is 4.98 Å². The van der Waals surface area contributed by atoms with Crippen LogP contribution in [0.2, 0.25) is 0 Å². The molecule has 1 aromatic heterocycles. The van der Waals surface area contributed by atoms with Gasteiger partial charge in [0.25, 0.3) is 0 Å². The van der Waals surface area contributed by atoms with Crippen LogP contribution < -0.4 is 0 Å². The zero-order valence-corrected chi connectivity index (χ0v) is 19.4. The highest BCUT2D eigenvalue weighted by Gasteiger charge is 2.33. The summed E-state index contributed by atoms with van der Waals surface area (Å²) in [7, 11) is 0. The molecule has 0 aliphatic heterocycles. The number of aromatic nitrogens is 1. The number of ether oxygens (including phenoxy) is 1. The third kappa shape index (κ3) is 4.67. The summed E-state index contributed by atoms with van der Waals surface area (Å²) >= 11 is 0. The van der Waals surface area contributed by atoms with E-state index in [0.29, 0.717) is 18.1 Å². The molecule has 3 aromatic carbocycles. The van der Waals surface area contributed by atoms with E-state index in [4.69, 9.17) is 14.1 Å². The lowest BCUT2D eigenvalue weighted by Gasteiger charge is -2.17. The summed E-state index contributed by atoms with van der Waals surface area (Å²) in [5.74, 6) is 2.06. The van der Waals surface area contributed by atoms with Gasteiger partial charge >= 0.3 is 5.97 Å². The Bertz CT molecular complexity index is 1190. The minimum atomic E-state index is -0.264. The van der Waals surface area contributed by atoms with Crippen LogP contribution in [0.3, 0.4) is 0 Å². The SMILES string of the molecule is CCOC(=O)c1cccc(C[C@@H]2CCC[C@H]2c2nc(-c3ccccc3)c(-c3ccccc3)o2)c1. The third-order valence-electron chi connectivity index (χ3n) is 6.64. The zero-order valence-electron chi connectivity index (χ0n) is 19.4. The molecular weight excluding hydrogens is 422 g/mol. The number of esters is 1. The highest BCUT2D eigenvalue weighted by atomic mass is 16.5. The van der Waals surface area contributed by atoms with Crippen molar-refractivity contribution in [2.45, 2.75) is 38.5 Å². The Kier molecular flexibility index (Phi) is 6.57. The Balaban J connectivity index is 1.45. The fraction of sp³-hybridized carbons (Fsp3) is 0.267. The maximum atomic E-state index is 12.2. The van der Waals surface area contributed by atoms with Crippen LogP contribution in [0.4, 0.5) is 0 Å². The molecule has 1 heterocycles. The molecule has 0 amide bonds. The van der Waals surface area contributed by atoms with E-state index in [2.05, 4.69) is 30.3 Å². The fourth-order valence-corrected chi connectivity index (χ4v) is 5.02. The maximum Gasteiger partial charge on any atom is 0.338 e. The van der Waals surface area contributed by atoms with Gasteiger partial charge in [0.2, 0.25) is 0 Å². The first kappa shape index (κ1) is 22.1. The molecule has 4 nitrogen and oxygen atoms in total. The molecule has 2 atom stereocenters. The monoisotopic (exact) mass is 451 g/mol. The number of hydrogen-bond acceptors (Lipinski definition) is 4. The lowest BCUT2D eigenvalue weighted by atomic mass is 9.89. The van der Waals surface area contributed by atoms with Crippen molar-refractivity contribution in [2.24, 2.45) is 5.92 Å². The average molecular weight is 452 g/mol. The Morgan fingerprint density at radius 3 is 2.41 bits per heavy atom. The van der Waals surface area contributed by atoms with E-state index in [1.54, 1.807) is 0 Å². The van der Waals surface area contributed by atoms with Crippen molar-refractivity contribution >= 4 is 5.97 Å². The lowest BCUT2D eigenvalue weighted by molar-refractivity contribution is 0.0526. The molecule has 0 spiro atoms. The number of carbonyl (C=O) groups excluding carboxylic acids is 1. The predicted molar refractivity (Wildman–Crippen MR) is 134 cm³/mol. The minimum absolute atomic E-state index is 0.256. The third-order valence-corrected chi connectivity index (χ3v) is 6.64. The summed E-state index contributed by atoms with van der Waals surface area (Å²) in [5.41, 5.74) is 4.77. The van der Waals surface area contributed by atoms with Gasteiger partial charge in [-0.25, -0.2) is 9.78 Å². The number of hydrogen-bond donors (Lipinski definition) is 0. The number of benzene rings is 3. The van der Waals surface area contributed by atoms with Gasteiger partial charge in [0.15, 0.2) is 11.7 Å². The first-order chi connectivity index (χ1) is 16.7. The zero-order chi connectivity index (χ0) is 23.3. The van der Waals surface area contributed by atoms with E-state index in [-0.39, 0.29) is 11.9 Å². The van der Waals surface area contributed by atoms with Crippen molar-refractivity contribution in [1.29, 1.82) is 0 Å². The number of carbonyl (C=O) groups is 1. The lowest BCUT2D eigenvalue weighted by Crippen LogP contribution is -2.11. The Labute approximate surface area is 200 Å². The van der Waals surface area contributed by atoms with Gasteiger partial charge in [-0.3, -0.25) is 0 Å². The Hall–Kier alpha value is -3.66. The minimum Gasteiger partial charge on any atom is -0.462 e. The Morgan fingerprint density at radius 2 is 1.68 bits per heavy atom. The van der Waals surface area contributed by atoms with Gasteiger partial charge in [-0.15, -0.1) is 0 Å². The Morgan fingerprint density at radius 1 is 0.941 bits per heavy atom. The molecule has 1 fully saturated rings. The normalized spacial score (nSPS) is 17.6. The standard InChI is InChI=1S/C30H29NO3/c1-2-33-30(32)25-17-9-11-21(20-25)19-24-16-10-18-26(24)29-31-27(22-12-5-3-6-13-22)28(34-29)23-14-7-4-8-15-23/h3-9,11-15,17,20,24,26H,2,10,16,18-19H2,1H3/t24-,26+/m0/s1. The van der Waals surface area contributed by atoms with Gasteiger partial charge in [-0.05, 0) is 49.8 Å². The number of nitrogens with zero attached hydrogens (tertiary/aromatic N) is 1. The van der Waals surface area contributed by atoms with Crippen LogP contribution in [-0.4, -0.2) is 17.6 Å². The van der Waals surface area contributed by atoms with Crippen molar-refractivity contribution in [3.8, 4) is 22.6 Å². The van der Waals surface area contributed by atoms with Crippen LogP contribution in [0.25, 0.3) is 22.6 Å². The molecule has 34 heavy (non-hydrogen) atoms. The van der Waals surface area contributed by atoms with E-state index < -0.39 is 0 Å². The summed E-state index contributed by atoms with van der Waals surface area (Å²) in [6.07, 6.45) is 4.22. The highest BCUT2D eigenvalue weighted by molar-refractivity contribution is 5.89. The van der Waals surface area contributed by atoms with Gasteiger partial charge in [-0.1, -0.05) is 79.2 Å². The predicted octanol–water partition coefficient (Wildman–Crippen LogP) is 7.31. The van der Waals surface area contributed by atoms with Crippen LogP contribution in [0.15, 0.2) is 89.3 Å². The summed E-state index contributed by atoms with van der Waals surface area (Å²) < 4.78 is 11.7. The molecule has 172 valence electrons. The molecule has 0 saturated heterocycles. The average Bonchev–Trinajstić information content (AvgIpc) is 3.53. The highest BCUT2D eigenvalue weighted by Crippen LogP contribution is 2.44. The van der Waals surface area contributed by atoms with Crippen LogP contribution in [0.5, 0.6) is 0 Å². The van der Waals surface area contributed by atoms with Gasteiger partial charge in [0.1, 0.15) is 5.69 Å². The summed E-state index contributed by atoms with van der Waals surface area (Å²) in [6.45, 7) is 2.21. The molecule has 0 N–H and O–H groups in total. The summed E-state index contributed by atoms with van der Waals surface area (Å²) in [5, 5.41) is 0. The molecule has 4 heteroatoms. The molecule has 0 unspecified atom stereocenters. The molecular formula is C30H29NO3. The van der Waals surface area contributed by atoms with Gasteiger partial charge in [0.05, 0.1) is 12.2 Å². The van der Waals surface area contributed by atoms with Gasteiger partial charge < -0.3 is 9.15 Å². The van der Waals surface area contributed by atoms with Crippen molar-refractivity contribution in [3.63, 3.8) is 0 Å². The van der Waals surface area contributed by atoms with Crippen LogP contribution in [0, 0.1) is 5.92 Å². The van der Waals surface area contributed by atoms with E-state index in [1.165, 1.54) is 0 Å². The van der Waals surface area contributed by atoms with E-state index in [1.807, 2.05) is 61.5 Å². The number of oxazole rings is 1. The first-order valence-electron chi connectivity index (χ1n) is 12.1. The fourth-order valence-electron chi connectivity index (χ4n) is 5.02. The second kappa shape index (κ2) is 10.1. The molecule has 4 aromatic rings. The molecule has 5 rings (SSSR count). The molecule has 1 aliphatic rings. The maximum absolute atomic E-state index is 12.2. The quantitative estimate of drug-likeness (QED) is 0.276. The smallest absolute Gasteiger partial charge is 0.338 e. The van der Waals surface area contributed by atoms with E-state index in [0.717, 1.165) is 59.7 Å². The van der Waals surface area contributed by atoms with Crippen molar-refractivity contribution in [2.75, 3.05) is 6.61 Å². The summed E-state index contributed by atoms with van der Waals surface area (Å²) in [4.78, 5) is 17.2. The molecule has 1 saturated carbocycles. The van der Waals surface area contributed by atoms with E-state index in [9.17, 15) is 4.79 Å². The first-order valence-corrected chi connectivity index (χ1v) is 12.1. The van der Waals surface area contributed by atoms with Crippen LogP contribution in [0.1, 0.15) is 53.9 Å². The van der Waals surface area contributed by atoms with Crippen molar-refractivity contribution < 1.29 is 13.9 Å².